The molecule has 1 heterocycles. The summed E-state index contributed by atoms with van der Waals surface area (Å²) in [5, 5.41) is 3.96. The third kappa shape index (κ3) is 4.23. The molecule has 0 spiro atoms. The van der Waals surface area contributed by atoms with Crippen molar-refractivity contribution >= 4 is 58.6 Å². The number of benzene rings is 1. The second-order valence-electron chi connectivity index (χ2n) is 6.53. The summed E-state index contributed by atoms with van der Waals surface area (Å²) in [6.45, 7) is 13.5. The Kier molecular flexibility index (Phi) is 5.35. The van der Waals surface area contributed by atoms with Crippen molar-refractivity contribution < 1.29 is 9.53 Å². The molecule has 1 aromatic carbocycles. The van der Waals surface area contributed by atoms with E-state index in [9.17, 15) is 4.79 Å². The van der Waals surface area contributed by atoms with Crippen LogP contribution in [0.25, 0.3) is 16.5 Å². The number of carbonyl (C=O) groups excluding carboxylic acids is 1. The largest absolute Gasteiger partial charge is 0.444 e. The van der Waals surface area contributed by atoms with E-state index < -0.39 is 11.7 Å². The van der Waals surface area contributed by atoms with Crippen LogP contribution >= 0.6 is 30.3 Å². The van der Waals surface area contributed by atoms with Gasteiger partial charge in [-0.15, -0.1) is 0 Å². The van der Waals surface area contributed by atoms with E-state index in [1.807, 2.05) is 40.7 Å². The topological polar surface area (TPSA) is 43.3 Å². The fraction of sp³-hybridized carbons (Fsp3) is 0.353. The highest BCUT2D eigenvalue weighted by molar-refractivity contribution is 14.2. The van der Waals surface area contributed by atoms with Gasteiger partial charge in [-0.05, 0) is 64.0 Å². The Labute approximate surface area is 153 Å². The van der Waals surface area contributed by atoms with Crippen molar-refractivity contribution in [2.45, 2.75) is 40.2 Å². The minimum Gasteiger partial charge on any atom is -0.444 e. The molecule has 0 fully saturated rings. The van der Waals surface area contributed by atoms with Crippen molar-refractivity contribution in [3.63, 3.8) is 0 Å². The molecule has 1 N–H and O–H groups in total. The van der Waals surface area contributed by atoms with E-state index >= 15 is 0 Å². The molecule has 0 radical (unpaired) electrons. The monoisotopic (exact) mass is 444 g/mol. The normalized spacial score (nSPS) is 11.6. The zero-order valence-electron chi connectivity index (χ0n) is 14.0. The molecule has 0 unspecified atom stereocenters. The first-order valence-corrected chi connectivity index (χ1v) is 10.5. The molecule has 0 saturated carbocycles. The zero-order chi connectivity index (χ0) is 17.4. The zero-order valence-corrected chi connectivity index (χ0v) is 17.0. The van der Waals surface area contributed by atoms with Gasteiger partial charge in [-0.2, -0.15) is 0 Å². The van der Waals surface area contributed by atoms with E-state index in [2.05, 4.69) is 49.2 Å². The van der Waals surface area contributed by atoms with Crippen LogP contribution in [0.15, 0.2) is 24.8 Å². The maximum atomic E-state index is 12.0. The number of nitrogens with one attached hydrogen (secondary N) is 1. The van der Waals surface area contributed by atoms with Crippen LogP contribution in [0.2, 0.25) is 0 Å². The molecule has 2 aromatic rings. The maximum Gasteiger partial charge on any atom is 0.412 e. The molecule has 0 bridgehead atoms. The second-order valence-corrected chi connectivity index (χ2v) is 8.21. The molecule has 0 atom stereocenters. The number of halogens is 1. The van der Waals surface area contributed by atoms with Gasteiger partial charge in [-0.1, -0.05) is 6.58 Å². The van der Waals surface area contributed by atoms with E-state index in [0.717, 1.165) is 33.4 Å². The molecule has 4 nitrogen and oxygen atoms in total. The summed E-state index contributed by atoms with van der Waals surface area (Å²) in [6.07, 6.45) is -0.444. The number of ether oxygens (including phenoxy) is 1. The van der Waals surface area contributed by atoms with Gasteiger partial charge >= 0.3 is 6.09 Å². The molecule has 0 aliphatic rings. The van der Waals surface area contributed by atoms with Gasteiger partial charge in [0.15, 0.2) is 0 Å². The van der Waals surface area contributed by atoms with Gasteiger partial charge in [0.1, 0.15) is 5.60 Å². The van der Waals surface area contributed by atoms with Gasteiger partial charge in [0, 0.05) is 41.4 Å². The van der Waals surface area contributed by atoms with Crippen LogP contribution < -0.4 is 5.32 Å². The van der Waals surface area contributed by atoms with E-state index in [-0.39, 0.29) is 0 Å². The van der Waals surface area contributed by atoms with Gasteiger partial charge < -0.3 is 4.74 Å². The van der Waals surface area contributed by atoms with Gasteiger partial charge in [-0.3, -0.25) is 9.29 Å². The molecule has 1 aromatic heterocycles. The SMILES string of the molecule is C=C(C)c1cc2cc(C)c(NC(=O)OC(C)(C)C)cc2n1SI. The highest BCUT2D eigenvalue weighted by Crippen LogP contribution is 2.34. The van der Waals surface area contributed by atoms with Gasteiger partial charge in [-0.25, -0.2) is 4.79 Å². The van der Waals surface area contributed by atoms with Crippen molar-refractivity contribution in [2.75, 3.05) is 5.32 Å². The summed E-state index contributed by atoms with van der Waals surface area (Å²) in [6, 6.07) is 6.16. The molecule has 2 rings (SSSR count). The third-order valence-corrected chi connectivity index (χ3v) is 4.96. The number of hydrogen-bond acceptors (Lipinski definition) is 3. The molecular weight excluding hydrogens is 423 g/mol. The Morgan fingerprint density at radius 2 is 2.00 bits per heavy atom. The average Bonchev–Trinajstić information content (AvgIpc) is 2.74. The Morgan fingerprint density at radius 1 is 1.35 bits per heavy atom. The van der Waals surface area contributed by atoms with Crippen molar-refractivity contribution in [2.24, 2.45) is 0 Å². The molecular formula is C17H21IN2O2S. The summed E-state index contributed by atoms with van der Waals surface area (Å²) in [5.74, 6) is 0. The number of aryl methyl sites for hydroxylation is 1. The van der Waals surface area contributed by atoms with E-state index in [1.54, 1.807) is 9.12 Å². The Bertz CT molecular complexity index is 775. The Morgan fingerprint density at radius 3 is 2.52 bits per heavy atom. The predicted octanol–water partition coefficient (Wildman–Crippen LogP) is 6.18. The lowest BCUT2D eigenvalue weighted by molar-refractivity contribution is 0.0636. The fourth-order valence-electron chi connectivity index (χ4n) is 2.27. The predicted molar refractivity (Wildman–Crippen MR) is 108 cm³/mol. The minimum atomic E-state index is -0.520. The van der Waals surface area contributed by atoms with Crippen LogP contribution in [0.3, 0.4) is 0 Å². The molecule has 23 heavy (non-hydrogen) atoms. The lowest BCUT2D eigenvalue weighted by atomic mass is 10.1. The van der Waals surface area contributed by atoms with Crippen molar-refractivity contribution in [3.8, 4) is 0 Å². The van der Waals surface area contributed by atoms with Gasteiger partial charge in [0.05, 0.1) is 11.2 Å². The Balaban J connectivity index is 2.44. The summed E-state index contributed by atoms with van der Waals surface area (Å²) >= 11 is 2.25. The number of fused-ring (bicyclic) bond motifs is 1. The first-order chi connectivity index (χ1) is 10.6. The van der Waals surface area contributed by atoms with Crippen LogP contribution in [-0.2, 0) is 4.74 Å². The van der Waals surface area contributed by atoms with Crippen LogP contribution in [0, 0.1) is 6.92 Å². The van der Waals surface area contributed by atoms with Crippen LogP contribution in [0.5, 0.6) is 0 Å². The smallest absolute Gasteiger partial charge is 0.412 e. The molecule has 0 saturated heterocycles. The highest BCUT2D eigenvalue weighted by Gasteiger charge is 2.18. The van der Waals surface area contributed by atoms with Crippen LogP contribution in [0.1, 0.15) is 39.0 Å². The van der Waals surface area contributed by atoms with E-state index in [1.165, 1.54) is 0 Å². The van der Waals surface area contributed by atoms with E-state index in [0.29, 0.717) is 0 Å². The van der Waals surface area contributed by atoms with Crippen molar-refractivity contribution in [1.29, 1.82) is 0 Å². The number of nitrogens with zero attached hydrogens (tertiary/aromatic N) is 1. The Hall–Kier alpha value is -1.15. The third-order valence-electron chi connectivity index (χ3n) is 3.25. The second kappa shape index (κ2) is 6.76. The fourth-order valence-corrected chi connectivity index (χ4v) is 4.05. The number of allylic oxidation sites excluding steroid dienone is 1. The molecule has 0 aliphatic heterocycles. The molecule has 1 amide bonds. The van der Waals surface area contributed by atoms with Gasteiger partial charge in [0.2, 0.25) is 0 Å². The molecule has 0 aliphatic carbocycles. The summed E-state index contributed by atoms with van der Waals surface area (Å²) in [7, 11) is 1.59. The highest BCUT2D eigenvalue weighted by atomic mass is 127. The average molecular weight is 444 g/mol. The van der Waals surface area contributed by atoms with Crippen molar-refractivity contribution in [1.82, 2.24) is 3.97 Å². The number of rotatable bonds is 3. The summed E-state index contributed by atoms with van der Waals surface area (Å²) in [4.78, 5) is 12.0. The molecule has 6 heteroatoms. The number of hydrogen-bond donors (Lipinski definition) is 1. The number of amides is 1. The number of aromatic nitrogens is 1. The summed E-state index contributed by atoms with van der Waals surface area (Å²) < 4.78 is 7.44. The van der Waals surface area contributed by atoms with Crippen LogP contribution in [0.4, 0.5) is 10.5 Å². The molecule has 124 valence electrons. The minimum absolute atomic E-state index is 0.444. The first-order valence-electron chi connectivity index (χ1n) is 7.23. The standard InChI is InChI=1S/C17H21IN2O2S/c1-10(2)14-8-12-7-11(3)13(9-15(12)20(14)23-18)19-16(21)22-17(4,5)6/h7-9H,1H2,2-6H3,(H,19,21). The van der Waals surface area contributed by atoms with Crippen molar-refractivity contribution in [3.05, 3.63) is 36.0 Å². The van der Waals surface area contributed by atoms with Crippen LogP contribution in [-0.4, -0.2) is 15.7 Å². The number of anilines is 1. The number of carbonyl (C=O) groups is 1. The lowest BCUT2D eigenvalue weighted by Gasteiger charge is -2.20. The summed E-state index contributed by atoms with van der Waals surface area (Å²) in [5.41, 5.74) is 4.35. The lowest BCUT2D eigenvalue weighted by Crippen LogP contribution is -2.27. The first kappa shape index (κ1) is 18.2. The maximum absolute atomic E-state index is 12.0. The van der Waals surface area contributed by atoms with E-state index in [4.69, 9.17) is 4.74 Å². The quantitative estimate of drug-likeness (QED) is 0.576. The van der Waals surface area contributed by atoms with Gasteiger partial charge in [0.25, 0.3) is 0 Å².